The first-order chi connectivity index (χ1) is 20.2. The smallest absolute Gasteiger partial charge is 0.264 e. The second-order valence-electron chi connectivity index (χ2n) is 11.6. The maximum atomic E-state index is 14.0. The van der Waals surface area contributed by atoms with E-state index in [9.17, 15) is 16.8 Å². The Bertz CT molecular complexity index is 1750. The van der Waals surface area contributed by atoms with Crippen LogP contribution in [0.15, 0.2) is 107 Å². The summed E-state index contributed by atoms with van der Waals surface area (Å²) in [5, 5.41) is 0. The third kappa shape index (κ3) is 7.69. The molecular formula is C33H38N2O6S2. The van der Waals surface area contributed by atoms with Crippen molar-refractivity contribution in [2.24, 2.45) is 5.92 Å². The summed E-state index contributed by atoms with van der Waals surface area (Å²) in [7, 11) is -6.60. The average Bonchev–Trinajstić information content (AvgIpc) is 2.97. The fraction of sp³-hybridized carbons (Fsp3) is 0.273. The molecule has 0 aromatic heterocycles. The van der Waals surface area contributed by atoms with Gasteiger partial charge in [0.05, 0.1) is 28.3 Å². The first kappa shape index (κ1) is 31.9. The van der Waals surface area contributed by atoms with Crippen molar-refractivity contribution in [1.29, 1.82) is 0 Å². The standard InChI is InChI=1S/C33H38N2O6S2/c1-24(2)23-35(43(38,39)30-10-8-7-9-11-30)32-22-28(41-27-16-14-26(40-6)15-17-27)18-21-31(32)34-42(36,37)29-19-12-25(13-20-29)33(3,4)5/h7-22,24,34H,23H2,1-6H3. The number of hydrogen-bond donors (Lipinski definition) is 1. The number of nitrogens with zero attached hydrogens (tertiary/aromatic N) is 1. The predicted molar refractivity (Wildman–Crippen MR) is 171 cm³/mol. The number of methoxy groups -OCH3 is 1. The molecular weight excluding hydrogens is 585 g/mol. The number of benzene rings is 4. The highest BCUT2D eigenvalue weighted by Gasteiger charge is 2.29. The lowest BCUT2D eigenvalue weighted by molar-refractivity contribution is 0.413. The van der Waals surface area contributed by atoms with Crippen molar-refractivity contribution in [3.63, 3.8) is 0 Å². The van der Waals surface area contributed by atoms with E-state index in [1.807, 2.05) is 34.6 Å². The van der Waals surface area contributed by atoms with Crippen molar-refractivity contribution >= 4 is 31.4 Å². The molecule has 0 aliphatic carbocycles. The number of hydrogen-bond acceptors (Lipinski definition) is 6. The number of sulfonamides is 2. The summed E-state index contributed by atoms with van der Waals surface area (Å²) >= 11 is 0. The van der Waals surface area contributed by atoms with E-state index in [2.05, 4.69) is 4.72 Å². The van der Waals surface area contributed by atoms with E-state index >= 15 is 0 Å². The second-order valence-corrected chi connectivity index (χ2v) is 15.1. The van der Waals surface area contributed by atoms with Crippen LogP contribution in [0, 0.1) is 5.92 Å². The Kier molecular flexibility index (Phi) is 9.41. The summed E-state index contributed by atoms with van der Waals surface area (Å²) in [5.74, 6) is 1.40. The van der Waals surface area contributed by atoms with Crippen molar-refractivity contribution in [2.45, 2.75) is 49.8 Å². The minimum Gasteiger partial charge on any atom is -0.497 e. The molecule has 0 bridgehead atoms. The van der Waals surface area contributed by atoms with Gasteiger partial charge in [-0.15, -0.1) is 0 Å². The van der Waals surface area contributed by atoms with Gasteiger partial charge in [0.25, 0.3) is 20.0 Å². The van der Waals surface area contributed by atoms with E-state index in [1.165, 1.54) is 28.6 Å². The second kappa shape index (κ2) is 12.7. The minimum absolute atomic E-state index is 0.0614. The lowest BCUT2D eigenvalue weighted by Gasteiger charge is -2.29. The van der Waals surface area contributed by atoms with Crippen LogP contribution in [0.5, 0.6) is 17.2 Å². The molecule has 8 nitrogen and oxygen atoms in total. The van der Waals surface area contributed by atoms with Gasteiger partial charge in [-0.05, 0) is 77.6 Å². The summed E-state index contributed by atoms with van der Waals surface area (Å²) in [6, 6.07) is 26.3. The number of ether oxygens (including phenoxy) is 2. The fourth-order valence-electron chi connectivity index (χ4n) is 4.36. The van der Waals surface area contributed by atoms with Crippen LogP contribution >= 0.6 is 0 Å². The van der Waals surface area contributed by atoms with Gasteiger partial charge in [-0.25, -0.2) is 16.8 Å². The van der Waals surface area contributed by atoms with Crippen LogP contribution in [0.2, 0.25) is 0 Å². The number of rotatable bonds is 11. The molecule has 0 aliphatic rings. The van der Waals surface area contributed by atoms with Crippen LogP contribution in [0.3, 0.4) is 0 Å². The first-order valence-electron chi connectivity index (χ1n) is 13.9. The molecule has 0 fully saturated rings. The quantitative estimate of drug-likeness (QED) is 0.187. The molecule has 0 spiro atoms. The molecule has 0 radical (unpaired) electrons. The summed E-state index contributed by atoms with van der Waals surface area (Å²) in [5.41, 5.74) is 1.08. The van der Waals surface area contributed by atoms with Crippen LogP contribution in [-0.4, -0.2) is 30.5 Å². The molecule has 0 aliphatic heterocycles. The Morgan fingerprint density at radius 3 is 1.88 bits per heavy atom. The van der Waals surface area contributed by atoms with Gasteiger partial charge in [-0.1, -0.05) is 65.0 Å². The van der Waals surface area contributed by atoms with Crippen LogP contribution in [0.1, 0.15) is 40.2 Å². The molecule has 0 saturated carbocycles. The van der Waals surface area contributed by atoms with E-state index in [1.54, 1.807) is 79.9 Å². The molecule has 10 heteroatoms. The van der Waals surface area contributed by atoms with E-state index in [-0.39, 0.29) is 39.0 Å². The zero-order valence-electron chi connectivity index (χ0n) is 25.2. The molecule has 0 amide bonds. The van der Waals surface area contributed by atoms with Crippen molar-refractivity contribution in [3.05, 3.63) is 103 Å². The normalized spacial score (nSPS) is 12.2. The summed E-state index contributed by atoms with van der Waals surface area (Å²) < 4.78 is 70.4. The maximum Gasteiger partial charge on any atom is 0.264 e. The highest BCUT2D eigenvalue weighted by molar-refractivity contribution is 7.93. The number of anilines is 2. The van der Waals surface area contributed by atoms with Gasteiger partial charge in [0.1, 0.15) is 17.2 Å². The third-order valence-electron chi connectivity index (χ3n) is 6.67. The summed E-state index contributed by atoms with van der Waals surface area (Å²) in [4.78, 5) is 0.148. The van der Waals surface area contributed by atoms with Crippen molar-refractivity contribution in [3.8, 4) is 17.2 Å². The predicted octanol–water partition coefficient (Wildman–Crippen LogP) is 7.44. The molecule has 0 saturated heterocycles. The van der Waals surface area contributed by atoms with Crippen molar-refractivity contribution in [1.82, 2.24) is 0 Å². The fourth-order valence-corrected chi connectivity index (χ4v) is 7.10. The van der Waals surface area contributed by atoms with Gasteiger partial charge >= 0.3 is 0 Å². The van der Waals surface area contributed by atoms with Crippen LogP contribution < -0.4 is 18.5 Å². The average molecular weight is 623 g/mol. The van der Waals surface area contributed by atoms with Crippen LogP contribution in [0.25, 0.3) is 0 Å². The first-order valence-corrected chi connectivity index (χ1v) is 16.8. The molecule has 0 heterocycles. The largest absolute Gasteiger partial charge is 0.497 e. The topological polar surface area (TPSA) is 102 Å². The molecule has 4 aromatic rings. The SMILES string of the molecule is COc1ccc(Oc2ccc(NS(=O)(=O)c3ccc(C(C)(C)C)cc3)c(N(CC(C)C)S(=O)(=O)c3ccccc3)c2)cc1. The van der Waals surface area contributed by atoms with Crippen molar-refractivity contribution < 1.29 is 26.3 Å². The lowest BCUT2D eigenvalue weighted by atomic mass is 9.87. The molecule has 1 N–H and O–H groups in total. The number of nitrogens with one attached hydrogen (secondary N) is 1. The van der Waals surface area contributed by atoms with E-state index < -0.39 is 20.0 Å². The minimum atomic E-state index is -4.09. The van der Waals surface area contributed by atoms with Gasteiger partial charge in [0, 0.05) is 12.6 Å². The third-order valence-corrected chi connectivity index (χ3v) is 9.85. The van der Waals surface area contributed by atoms with E-state index in [0.717, 1.165) is 5.56 Å². The Morgan fingerprint density at radius 1 is 0.744 bits per heavy atom. The van der Waals surface area contributed by atoms with E-state index in [4.69, 9.17) is 9.47 Å². The molecule has 43 heavy (non-hydrogen) atoms. The van der Waals surface area contributed by atoms with Gasteiger partial charge < -0.3 is 9.47 Å². The van der Waals surface area contributed by atoms with Gasteiger partial charge in [0.15, 0.2) is 0 Å². The maximum absolute atomic E-state index is 14.0. The summed E-state index contributed by atoms with van der Waals surface area (Å²) in [6.45, 7) is 10.0. The van der Waals surface area contributed by atoms with Gasteiger partial charge in [-0.2, -0.15) is 0 Å². The monoisotopic (exact) mass is 622 g/mol. The van der Waals surface area contributed by atoms with E-state index in [0.29, 0.717) is 17.2 Å². The summed E-state index contributed by atoms with van der Waals surface area (Å²) in [6.07, 6.45) is 0. The highest BCUT2D eigenvalue weighted by Crippen LogP contribution is 2.38. The zero-order chi connectivity index (χ0) is 31.4. The molecule has 4 aromatic carbocycles. The van der Waals surface area contributed by atoms with Crippen LogP contribution in [-0.2, 0) is 25.5 Å². The molecule has 228 valence electrons. The Labute approximate surface area is 255 Å². The molecule has 0 atom stereocenters. The highest BCUT2D eigenvalue weighted by atomic mass is 32.2. The lowest BCUT2D eigenvalue weighted by Crippen LogP contribution is -2.35. The Morgan fingerprint density at radius 2 is 1.33 bits per heavy atom. The van der Waals surface area contributed by atoms with Gasteiger partial charge in [-0.3, -0.25) is 9.03 Å². The zero-order valence-corrected chi connectivity index (χ0v) is 26.9. The van der Waals surface area contributed by atoms with Crippen LogP contribution in [0.4, 0.5) is 11.4 Å². The van der Waals surface area contributed by atoms with Crippen molar-refractivity contribution in [2.75, 3.05) is 22.7 Å². The Balaban J connectivity index is 1.82. The molecule has 4 rings (SSSR count). The molecule has 0 unspecified atom stereocenters. The Hall–Kier alpha value is -4.02. The van der Waals surface area contributed by atoms with Gasteiger partial charge in [0.2, 0.25) is 0 Å².